The van der Waals surface area contributed by atoms with E-state index in [1.807, 2.05) is 0 Å². The molecule has 3 rings (SSSR count). The number of benzene rings is 2. The molecule has 0 spiro atoms. The molecule has 1 saturated carbocycles. The largest absolute Gasteiger partial charge is 0.118 e. The summed E-state index contributed by atoms with van der Waals surface area (Å²) in [5.74, 6) is 0.843. The van der Waals surface area contributed by atoms with Crippen molar-refractivity contribution in [3.8, 4) is 0 Å². The van der Waals surface area contributed by atoms with Crippen molar-refractivity contribution >= 4 is 38.3 Å². The summed E-state index contributed by atoms with van der Waals surface area (Å²) in [6.45, 7) is 0. The molecule has 1 unspecified atom stereocenters. The van der Waals surface area contributed by atoms with Gasteiger partial charge in [0, 0.05) is 4.47 Å². The van der Waals surface area contributed by atoms with E-state index in [-0.39, 0.29) is 5.38 Å². The smallest absolute Gasteiger partial charge is 0.0594 e. The number of hydrogen-bond acceptors (Lipinski definition) is 0. The summed E-state index contributed by atoms with van der Waals surface area (Å²) in [7, 11) is 0. The van der Waals surface area contributed by atoms with Crippen molar-refractivity contribution in [2.24, 2.45) is 5.92 Å². The molecule has 2 aromatic rings. The van der Waals surface area contributed by atoms with Gasteiger partial charge in [-0.05, 0) is 34.7 Å². The topological polar surface area (TPSA) is 0 Å². The van der Waals surface area contributed by atoms with Gasteiger partial charge in [-0.15, -0.1) is 11.6 Å². The first-order valence-corrected chi connectivity index (χ1v) is 7.80. The van der Waals surface area contributed by atoms with Crippen LogP contribution in [0.5, 0.6) is 0 Å². The summed E-state index contributed by atoms with van der Waals surface area (Å²) in [6.07, 6.45) is 5.22. The van der Waals surface area contributed by atoms with Gasteiger partial charge in [-0.2, -0.15) is 0 Å². The molecule has 1 atom stereocenters. The van der Waals surface area contributed by atoms with Crippen molar-refractivity contribution in [1.29, 1.82) is 0 Å². The molecular formula is C16H16BrCl. The maximum atomic E-state index is 6.63. The summed E-state index contributed by atoms with van der Waals surface area (Å²) in [4.78, 5) is 0. The Kier molecular flexibility index (Phi) is 3.63. The predicted molar refractivity (Wildman–Crippen MR) is 82.2 cm³/mol. The van der Waals surface area contributed by atoms with E-state index >= 15 is 0 Å². The van der Waals surface area contributed by atoms with Crippen LogP contribution in [0.2, 0.25) is 0 Å². The van der Waals surface area contributed by atoms with Crippen LogP contribution in [0.3, 0.4) is 0 Å². The van der Waals surface area contributed by atoms with E-state index in [0.29, 0.717) is 0 Å². The van der Waals surface area contributed by atoms with Crippen LogP contribution in [0.4, 0.5) is 0 Å². The van der Waals surface area contributed by atoms with Crippen LogP contribution in [0.25, 0.3) is 10.8 Å². The van der Waals surface area contributed by atoms with E-state index < -0.39 is 0 Å². The van der Waals surface area contributed by atoms with Crippen LogP contribution in [0.15, 0.2) is 40.9 Å². The van der Waals surface area contributed by atoms with Crippen molar-refractivity contribution < 1.29 is 0 Å². The van der Waals surface area contributed by atoms with Gasteiger partial charge in [-0.1, -0.05) is 65.5 Å². The van der Waals surface area contributed by atoms with Crippen LogP contribution >= 0.6 is 27.5 Å². The molecule has 0 amide bonds. The average Bonchev–Trinajstić information content (AvgIpc) is 2.34. The van der Waals surface area contributed by atoms with Crippen LogP contribution in [-0.2, 0) is 0 Å². The Bertz CT molecular complexity index is 560. The van der Waals surface area contributed by atoms with Crippen LogP contribution in [-0.4, -0.2) is 0 Å². The standard InChI is InChI=1S/C16H16BrCl/c17-15-9-8-14(12-6-1-2-7-13(12)15)16(18)10-11-4-3-5-11/h1-2,6-9,11,16H,3-5,10H2. The van der Waals surface area contributed by atoms with E-state index in [1.54, 1.807) is 0 Å². The first-order valence-electron chi connectivity index (χ1n) is 6.57. The molecule has 94 valence electrons. The van der Waals surface area contributed by atoms with E-state index in [0.717, 1.165) is 16.8 Å². The third-order valence-corrected chi connectivity index (χ3v) is 5.11. The van der Waals surface area contributed by atoms with Crippen LogP contribution in [0.1, 0.15) is 36.6 Å². The highest BCUT2D eigenvalue weighted by Crippen LogP contribution is 2.40. The van der Waals surface area contributed by atoms with E-state index in [2.05, 4.69) is 52.3 Å². The first-order chi connectivity index (χ1) is 8.75. The second-order valence-electron chi connectivity index (χ2n) is 5.18. The van der Waals surface area contributed by atoms with Crippen LogP contribution < -0.4 is 0 Å². The molecule has 0 radical (unpaired) electrons. The molecule has 1 aliphatic carbocycles. The van der Waals surface area contributed by atoms with Gasteiger partial charge in [-0.25, -0.2) is 0 Å². The zero-order valence-electron chi connectivity index (χ0n) is 10.2. The number of fused-ring (bicyclic) bond motifs is 1. The van der Waals surface area contributed by atoms with Gasteiger partial charge in [-0.3, -0.25) is 0 Å². The van der Waals surface area contributed by atoms with E-state index in [4.69, 9.17) is 11.6 Å². The highest BCUT2D eigenvalue weighted by molar-refractivity contribution is 9.10. The quantitative estimate of drug-likeness (QED) is 0.601. The molecule has 0 bridgehead atoms. The highest BCUT2D eigenvalue weighted by Gasteiger charge is 2.22. The van der Waals surface area contributed by atoms with Gasteiger partial charge in [0.15, 0.2) is 0 Å². The average molecular weight is 324 g/mol. The molecule has 2 heteroatoms. The maximum Gasteiger partial charge on any atom is 0.0594 e. The lowest BCUT2D eigenvalue weighted by atomic mass is 9.81. The molecule has 2 aromatic carbocycles. The zero-order valence-corrected chi connectivity index (χ0v) is 12.5. The molecule has 0 saturated heterocycles. The van der Waals surface area contributed by atoms with Crippen molar-refractivity contribution in [3.05, 3.63) is 46.4 Å². The molecule has 0 nitrogen and oxygen atoms in total. The summed E-state index contributed by atoms with van der Waals surface area (Å²) in [5, 5.41) is 2.69. The van der Waals surface area contributed by atoms with Crippen molar-refractivity contribution in [3.63, 3.8) is 0 Å². The Labute approximate surface area is 121 Å². The fourth-order valence-electron chi connectivity index (χ4n) is 2.71. The third kappa shape index (κ3) is 2.31. The predicted octanol–water partition coefficient (Wildman–Crippen LogP) is 6.07. The monoisotopic (exact) mass is 322 g/mol. The lowest BCUT2D eigenvalue weighted by Gasteiger charge is -2.27. The fourth-order valence-corrected chi connectivity index (χ4v) is 3.63. The van der Waals surface area contributed by atoms with Crippen molar-refractivity contribution in [2.75, 3.05) is 0 Å². The first kappa shape index (κ1) is 12.5. The van der Waals surface area contributed by atoms with Gasteiger partial charge in [0.2, 0.25) is 0 Å². The Morgan fingerprint density at radius 3 is 2.50 bits per heavy atom. The maximum absolute atomic E-state index is 6.63. The van der Waals surface area contributed by atoms with Gasteiger partial charge in [0.1, 0.15) is 0 Å². The molecule has 1 fully saturated rings. The van der Waals surface area contributed by atoms with Crippen LogP contribution in [0, 0.1) is 5.92 Å². The normalized spacial score (nSPS) is 17.7. The van der Waals surface area contributed by atoms with Gasteiger partial charge in [0.05, 0.1) is 5.38 Å². The Morgan fingerprint density at radius 1 is 1.11 bits per heavy atom. The molecule has 0 heterocycles. The molecule has 0 N–H and O–H groups in total. The second-order valence-corrected chi connectivity index (χ2v) is 6.56. The summed E-state index contributed by atoms with van der Waals surface area (Å²) in [6, 6.07) is 12.8. The minimum Gasteiger partial charge on any atom is -0.118 e. The van der Waals surface area contributed by atoms with Gasteiger partial charge in [0.25, 0.3) is 0 Å². The lowest BCUT2D eigenvalue weighted by molar-refractivity contribution is 0.293. The molecule has 0 aromatic heterocycles. The van der Waals surface area contributed by atoms with E-state index in [9.17, 15) is 0 Å². The highest BCUT2D eigenvalue weighted by atomic mass is 79.9. The number of halogens is 2. The van der Waals surface area contributed by atoms with Gasteiger partial charge >= 0.3 is 0 Å². The van der Waals surface area contributed by atoms with Crippen molar-refractivity contribution in [1.82, 2.24) is 0 Å². The molecule has 0 aliphatic heterocycles. The number of hydrogen-bond donors (Lipinski definition) is 0. The second kappa shape index (κ2) is 5.22. The van der Waals surface area contributed by atoms with E-state index in [1.165, 1.54) is 35.6 Å². The minimum atomic E-state index is 0.147. The summed E-state index contributed by atoms with van der Waals surface area (Å²) < 4.78 is 1.15. The van der Waals surface area contributed by atoms with Gasteiger partial charge < -0.3 is 0 Å². The SMILES string of the molecule is ClC(CC1CCC1)c1ccc(Br)c2ccccc12. The number of rotatable bonds is 3. The molecule has 1 aliphatic rings. The number of alkyl halides is 1. The Balaban J connectivity index is 1.97. The minimum absolute atomic E-state index is 0.147. The molecule has 18 heavy (non-hydrogen) atoms. The fraction of sp³-hybridized carbons (Fsp3) is 0.375. The lowest BCUT2D eigenvalue weighted by Crippen LogP contribution is -2.13. The zero-order chi connectivity index (χ0) is 12.5. The van der Waals surface area contributed by atoms with Crippen molar-refractivity contribution in [2.45, 2.75) is 31.1 Å². The summed E-state index contributed by atoms with van der Waals surface area (Å²) in [5.41, 5.74) is 1.28. The Hall–Kier alpha value is -0.530. The Morgan fingerprint density at radius 2 is 1.83 bits per heavy atom. The summed E-state index contributed by atoms with van der Waals surface area (Å²) >= 11 is 10.2. The molecular weight excluding hydrogens is 308 g/mol. The third-order valence-electron chi connectivity index (χ3n) is 4.01.